The van der Waals surface area contributed by atoms with Crippen LogP contribution >= 0.6 is 0 Å². The van der Waals surface area contributed by atoms with Crippen LogP contribution in [0.2, 0.25) is 0 Å². The number of aromatic nitrogens is 2. The van der Waals surface area contributed by atoms with E-state index in [0.717, 1.165) is 10.1 Å². The van der Waals surface area contributed by atoms with E-state index in [1.165, 1.54) is 0 Å². The highest BCUT2D eigenvalue weighted by molar-refractivity contribution is 5.67. The zero-order chi connectivity index (χ0) is 15.6. The summed E-state index contributed by atoms with van der Waals surface area (Å²) in [6.45, 7) is 3.63. The number of rotatable bonds is 3. The van der Waals surface area contributed by atoms with Gasteiger partial charge in [0.15, 0.2) is 0 Å². The quantitative estimate of drug-likeness (QED) is 0.844. The number of aromatic amines is 1. The molecular formula is C16H16N2O3. The second kappa shape index (κ2) is 5.71. The first-order valence-corrected chi connectivity index (χ1v) is 6.54. The van der Waals surface area contributed by atoms with Crippen molar-refractivity contribution in [1.29, 1.82) is 0 Å². The third-order valence-corrected chi connectivity index (χ3v) is 3.31. The molecule has 0 fully saturated rings. The maximum Gasteiger partial charge on any atom is 0.331 e. The first kappa shape index (κ1) is 14.7. The van der Waals surface area contributed by atoms with Gasteiger partial charge in [0.1, 0.15) is 5.56 Å². The number of nitrogens with zero attached hydrogens (tertiary/aromatic N) is 1. The lowest BCUT2D eigenvalue weighted by Crippen LogP contribution is -2.32. The van der Waals surface area contributed by atoms with Crippen LogP contribution in [0.15, 0.2) is 33.9 Å². The minimum Gasteiger partial charge on any atom is -0.494 e. The Labute approximate surface area is 121 Å². The van der Waals surface area contributed by atoms with Crippen LogP contribution in [0.25, 0.3) is 11.1 Å². The molecule has 0 bridgehead atoms. The minimum absolute atomic E-state index is 0.0680. The molecule has 0 amide bonds. The van der Waals surface area contributed by atoms with Gasteiger partial charge >= 0.3 is 5.69 Å². The van der Waals surface area contributed by atoms with Gasteiger partial charge in [0, 0.05) is 12.5 Å². The molecule has 1 atom stereocenters. The number of nitrogens with one attached hydrogen (secondary N) is 1. The lowest BCUT2D eigenvalue weighted by atomic mass is 10.1. The van der Waals surface area contributed by atoms with Gasteiger partial charge in [-0.3, -0.25) is 14.3 Å². The molecule has 0 aliphatic carbocycles. The van der Waals surface area contributed by atoms with Crippen LogP contribution in [-0.4, -0.2) is 14.7 Å². The van der Waals surface area contributed by atoms with Crippen molar-refractivity contribution in [2.45, 2.75) is 26.3 Å². The van der Waals surface area contributed by atoms with Crippen molar-refractivity contribution >= 4 is 0 Å². The van der Waals surface area contributed by atoms with E-state index in [4.69, 9.17) is 6.42 Å². The Hall–Kier alpha value is -2.74. The number of benzene rings is 1. The molecule has 1 heterocycles. The predicted octanol–water partition coefficient (Wildman–Crippen LogP) is 1.80. The Morgan fingerprint density at radius 1 is 1.33 bits per heavy atom. The highest BCUT2D eigenvalue weighted by Gasteiger charge is 2.18. The summed E-state index contributed by atoms with van der Waals surface area (Å²) in [5.41, 5.74) is 0.352. The Morgan fingerprint density at radius 2 is 1.95 bits per heavy atom. The standard InChI is InChI=1S/C16H16N2O3/c1-4-5-11(3)18-15(20)13(14(19)17-16(18)21)12-8-6-10(2)7-9-12/h1,6-9,11,20H,5H2,2-3H3,(H,17,19,21). The van der Waals surface area contributed by atoms with Gasteiger partial charge in [-0.2, -0.15) is 0 Å². The average Bonchev–Trinajstić information content (AvgIpc) is 2.40. The molecule has 0 spiro atoms. The molecule has 5 heteroatoms. The van der Waals surface area contributed by atoms with Crippen LogP contribution in [0.4, 0.5) is 0 Å². The van der Waals surface area contributed by atoms with Gasteiger partial charge in [0.25, 0.3) is 5.56 Å². The van der Waals surface area contributed by atoms with Crippen molar-refractivity contribution in [1.82, 2.24) is 9.55 Å². The minimum atomic E-state index is -0.670. The summed E-state index contributed by atoms with van der Waals surface area (Å²) in [4.78, 5) is 26.1. The molecule has 2 rings (SSSR count). The van der Waals surface area contributed by atoms with Gasteiger partial charge in [-0.25, -0.2) is 4.79 Å². The smallest absolute Gasteiger partial charge is 0.331 e. The Balaban J connectivity index is 2.71. The zero-order valence-corrected chi connectivity index (χ0v) is 11.9. The number of aromatic hydroxyl groups is 1. The molecule has 0 aliphatic heterocycles. The maximum atomic E-state index is 12.0. The molecule has 0 saturated carbocycles. The lowest BCUT2D eigenvalue weighted by molar-refractivity contribution is 0.376. The van der Waals surface area contributed by atoms with Crippen molar-refractivity contribution in [2.24, 2.45) is 0 Å². The van der Waals surface area contributed by atoms with Gasteiger partial charge in [-0.15, -0.1) is 12.3 Å². The summed E-state index contributed by atoms with van der Waals surface area (Å²) in [5, 5.41) is 10.3. The van der Waals surface area contributed by atoms with Crippen molar-refractivity contribution in [3.63, 3.8) is 0 Å². The van der Waals surface area contributed by atoms with Crippen molar-refractivity contribution in [2.75, 3.05) is 0 Å². The molecule has 2 aromatic rings. The van der Waals surface area contributed by atoms with E-state index >= 15 is 0 Å². The predicted molar refractivity (Wildman–Crippen MR) is 81.3 cm³/mol. The Morgan fingerprint density at radius 3 is 2.52 bits per heavy atom. The first-order chi connectivity index (χ1) is 9.95. The first-order valence-electron chi connectivity index (χ1n) is 6.54. The van der Waals surface area contributed by atoms with Crippen LogP contribution in [0.5, 0.6) is 5.88 Å². The molecule has 21 heavy (non-hydrogen) atoms. The highest BCUT2D eigenvalue weighted by Crippen LogP contribution is 2.26. The van der Waals surface area contributed by atoms with Gasteiger partial charge in [-0.1, -0.05) is 29.8 Å². The lowest BCUT2D eigenvalue weighted by Gasteiger charge is -2.16. The third-order valence-electron chi connectivity index (χ3n) is 3.31. The number of hydrogen-bond donors (Lipinski definition) is 2. The SMILES string of the molecule is C#CCC(C)n1c(O)c(-c2ccc(C)cc2)c(=O)[nH]c1=O. The van der Waals surface area contributed by atoms with E-state index in [0.29, 0.717) is 5.56 Å². The van der Waals surface area contributed by atoms with Crippen LogP contribution in [0.1, 0.15) is 24.9 Å². The van der Waals surface area contributed by atoms with Gasteiger partial charge < -0.3 is 5.11 Å². The summed E-state index contributed by atoms with van der Waals surface area (Å²) >= 11 is 0. The van der Waals surface area contributed by atoms with Crippen molar-refractivity contribution in [3.8, 4) is 29.4 Å². The largest absolute Gasteiger partial charge is 0.494 e. The number of terminal acetylenes is 1. The summed E-state index contributed by atoms with van der Waals surface area (Å²) in [6, 6.07) is 6.69. The van der Waals surface area contributed by atoms with Crippen molar-refractivity contribution in [3.05, 3.63) is 50.7 Å². The summed E-state index contributed by atoms with van der Waals surface area (Å²) in [7, 11) is 0. The number of H-pyrrole nitrogens is 1. The summed E-state index contributed by atoms with van der Waals surface area (Å²) in [6.07, 6.45) is 5.51. The van der Waals surface area contributed by atoms with Crippen molar-refractivity contribution < 1.29 is 5.11 Å². The fourth-order valence-corrected chi connectivity index (χ4v) is 2.19. The summed E-state index contributed by atoms with van der Waals surface area (Å²) in [5.74, 6) is 2.07. The fourth-order valence-electron chi connectivity index (χ4n) is 2.19. The van der Waals surface area contributed by atoms with E-state index in [1.54, 1.807) is 19.1 Å². The molecule has 2 N–H and O–H groups in total. The van der Waals surface area contributed by atoms with Crippen LogP contribution in [-0.2, 0) is 0 Å². The van der Waals surface area contributed by atoms with E-state index < -0.39 is 17.3 Å². The van der Waals surface area contributed by atoms with Gasteiger partial charge in [0.2, 0.25) is 5.88 Å². The van der Waals surface area contributed by atoms with Crippen LogP contribution in [0, 0.1) is 19.3 Å². The van der Waals surface area contributed by atoms with Crippen LogP contribution < -0.4 is 11.2 Å². The Bertz CT molecular complexity index is 807. The monoisotopic (exact) mass is 284 g/mol. The topological polar surface area (TPSA) is 75.1 Å². The molecular weight excluding hydrogens is 268 g/mol. The number of aryl methyl sites for hydroxylation is 1. The molecule has 1 aromatic heterocycles. The second-order valence-corrected chi connectivity index (χ2v) is 4.95. The number of hydrogen-bond acceptors (Lipinski definition) is 3. The summed E-state index contributed by atoms with van der Waals surface area (Å²) < 4.78 is 1.11. The van der Waals surface area contributed by atoms with E-state index in [2.05, 4.69) is 10.9 Å². The van der Waals surface area contributed by atoms with E-state index in [-0.39, 0.29) is 17.9 Å². The third kappa shape index (κ3) is 2.75. The molecule has 5 nitrogen and oxygen atoms in total. The normalized spacial score (nSPS) is 11.9. The molecule has 1 aromatic carbocycles. The fraction of sp³-hybridized carbons (Fsp3) is 0.250. The average molecular weight is 284 g/mol. The molecule has 0 aliphatic rings. The van der Waals surface area contributed by atoms with Gasteiger partial charge in [-0.05, 0) is 19.4 Å². The van der Waals surface area contributed by atoms with E-state index in [1.807, 2.05) is 19.1 Å². The highest BCUT2D eigenvalue weighted by atomic mass is 16.3. The molecule has 108 valence electrons. The molecule has 0 radical (unpaired) electrons. The van der Waals surface area contributed by atoms with E-state index in [9.17, 15) is 14.7 Å². The van der Waals surface area contributed by atoms with Gasteiger partial charge in [0.05, 0.1) is 0 Å². The molecule has 0 saturated heterocycles. The zero-order valence-electron chi connectivity index (χ0n) is 11.9. The Kier molecular flexibility index (Phi) is 3.99. The van der Waals surface area contributed by atoms with Crippen LogP contribution in [0.3, 0.4) is 0 Å². The molecule has 1 unspecified atom stereocenters. The maximum absolute atomic E-state index is 12.0. The second-order valence-electron chi connectivity index (χ2n) is 4.95.